The third-order valence-electron chi connectivity index (χ3n) is 2.23. The largest absolute Gasteiger partial charge is 0.367 e. The molecule has 14 heavy (non-hydrogen) atoms. The molecule has 0 aliphatic rings. The summed E-state index contributed by atoms with van der Waals surface area (Å²) >= 11 is 0. The van der Waals surface area contributed by atoms with Gasteiger partial charge in [-0.05, 0) is 12.1 Å². The molecule has 0 saturated heterocycles. The molecule has 0 fully saturated rings. The Hall–Kier alpha value is -2.10. The van der Waals surface area contributed by atoms with Crippen molar-refractivity contribution < 1.29 is 0 Å². The number of aromatic amines is 2. The van der Waals surface area contributed by atoms with Gasteiger partial charge in [0, 0.05) is 29.5 Å². The molecule has 0 bridgehead atoms. The highest BCUT2D eigenvalue weighted by Crippen LogP contribution is 2.23. The lowest BCUT2D eigenvalue weighted by atomic mass is 10.2. The van der Waals surface area contributed by atoms with Crippen LogP contribution in [0, 0.1) is 0 Å². The highest BCUT2D eigenvalue weighted by molar-refractivity contribution is 5.90. The summed E-state index contributed by atoms with van der Waals surface area (Å²) < 4.78 is 0. The fourth-order valence-electron chi connectivity index (χ4n) is 1.57. The molecule has 0 amide bonds. The zero-order chi connectivity index (χ0) is 9.38. The molecule has 4 heteroatoms. The van der Waals surface area contributed by atoms with Gasteiger partial charge >= 0.3 is 0 Å². The van der Waals surface area contributed by atoms with E-state index >= 15 is 0 Å². The zero-order valence-electron chi connectivity index (χ0n) is 7.36. The maximum Gasteiger partial charge on any atom is 0.141 e. The summed E-state index contributed by atoms with van der Waals surface area (Å²) in [6, 6.07) is 3.98. The second-order valence-electron chi connectivity index (χ2n) is 3.06. The molecule has 3 rings (SSSR count). The summed E-state index contributed by atoms with van der Waals surface area (Å²) in [6.07, 6.45) is 7.25. The van der Waals surface area contributed by atoms with Crippen molar-refractivity contribution in [1.82, 2.24) is 19.9 Å². The van der Waals surface area contributed by atoms with Gasteiger partial charge < -0.3 is 9.97 Å². The fraction of sp³-hybridized carbons (Fsp3) is 0. The SMILES string of the molecule is c1nc(-c2cc[nH]c2)c2cc[nH]c2n1. The van der Waals surface area contributed by atoms with Crippen LogP contribution in [0.3, 0.4) is 0 Å². The van der Waals surface area contributed by atoms with Crippen molar-refractivity contribution >= 4 is 11.0 Å². The Balaban J connectivity index is 2.36. The van der Waals surface area contributed by atoms with Crippen LogP contribution in [0.1, 0.15) is 0 Å². The maximum absolute atomic E-state index is 4.27. The Bertz CT molecular complexity index is 550. The van der Waals surface area contributed by atoms with Gasteiger partial charge in [-0.15, -0.1) is 0 Å². The molecule has 4 nitrogen and oxygen atoms in total. The van der Waals surface area contributed by atoms with Crippen molar-refractivity contribution in [3.63, 3.8) is 0 Å². The Kier molecular flexibility index (Phi) is 1.41. The second-order valence-corrected chi connectivity index (χ2v) is 3.06. The van der Waals surface area contributed by atoms with Crippen LogP contribution in [0.2, 0.25) is 0 Å². The molecule has 2 N–H and O–H groups in total. The van der Waals surface area contributed by atoms with E-state index in [0.29, 0.717) is 0 Å². The Labute approximate surface area is 80.0 Å². The van der Waals surface area contributed by atoms with Gasteiger partial charge in [0.1, 0.15) is 12.0 Å². The van der Waals surface area contributed by atoms with Crippen LogP contribution in [0.4, 0.5) is 0 Å². The predicted molar refractivity (Wildman–Crippen MR) is 53.7 cm³/mol. The first-order valence-electron chi connectivity index (χ1n) is 4.36. The third-order valence-corrected chi connectivity index (χ3v) is 2.23. The van der Waals surface area contributed by atoms with E-state index in [1.807, 2.05) is 30.7 Å². The molecule has 3 heterocycles. The highest BCUT2D eigenvalue weighted by atomic mass is 14.9. The number of nitrogens with zero attached hydrogens (tertiary/aromatic N) is 2. The van der Waals surface area contributed by atoms with Crippen molar-refractivity contribution in [2.75, 3.05) is 0 Å². The molecular formula is C10H8N4. The summed E-state index contributed by atoms with van der Waals surface area (Å²) in [6.45, 7) is 0. The normalized spacial score (nSPS) is 10.9. The Morgan fingerprint density at radius 1 is 1.07 bits per heavy atom. The summed E-state index contributed by atoms with van der Waals surface area (Å²) in [7, 11) is 0. The minimum absolute atomic E-state index is 0.871. The zero-order valence-corrected chi connectivity index (χ0v) is 7.36. The monoisotopic (exact) mass is 184 g/mol. The van der Waals surface area contributed by atoms with E-state index in [0.717, 1.165) is 22.3 Å². The van der Waals surface area contributed by atoms with E-state index in [4.69, 9.17) is 0 Å². The molecule has 0 atom stereocenters. The van der Waals surface area contributed by atoms with Crippen LogP contribution < -0.4 is 0 Å². The number of aromatic nitrogens is 4. The molecular weight excluding hydrogens is 176 g/mol. The van der Waals surface area contributed by atoms with Crippen LogP contribution in [-0.4, -0.2) is 19.9 Å². The van der Waals surface area contributed by atoms with Crippen LogP contribution in [0.25, 0.3) is 22.3 Å². The Morgan fingerprint density at radius 2 is 2.07 bits per heavy atom. The number of hydrogen-bond acceptors (Lipinski definition) is 2. The number of fused-ring (bicyclic) bond motifs is 1. The standard InChI is InChI=1S/C10H8N4/c1-3-11-5-7(1)9-8-2-4-12-10(8)14-6-13-9/h1-6,11H,(H,12,13,14). The molecule has 68 valence electrons. The number of rotatable bonds is 1. The van der Waals surface area contributed by atoms with Gasteiger partial charge in [0.25, 0.3) is 0 Å². The number of hydrogen-bond donors (Lipinski definition) is 2. The van der Waals surface area contributed by atoms with Crippen molar-refractivity contribution in [3.05, 3.63) is 37.1 Å². The highest BCUT2D eigenvalue weighted by Gasteiger charge is 2.06. The smallest absolute Gasteiger partial charge is 0.141 e. The summed E-state index contributed by atoms with van der Waals surface area (Å²) in [4.78, 5) is 14.5. The van der Waals surface area contributed by atoms with Crippen molar-refractivity contribution in [3.8, 4) is 11.3 Å². The lowest BCUT2D eigenvalue weighted by Crippen LogP contribution is -1.85. The van der Waals surface area contributed by atoms with Crippen molar-refractivity contribution in [2.45, 2.75) is 0 Å². The first-order chi connectivity index (χ1) is 6.95. The van der Waals surface area contributed by atoms with Gasteiger partial charge in [-0.25, -0.2) is 9.97 Å². The van der Waals surface area contributed by atoms with Gasteiger partial charge in [0.05, 0.1) is 5.69 Å². The van der Waals surface area contributed by atoms with Gasteiger partial charge in [0.15, 0.2) is 0 Å². The third kappa shape index (κ3) is 0.939. The summed E-state index contributed by atoms with van der Waals surface area (Å²) in [5.74, 6) is 0. The van der Waals surface area contributed by atoms with Gasteiger partial charge in [-0.3, -0.25) is 0 Å². The van der Waals surface area contributed by atoms with Crippen molar-refractivity contribution in [1.29, 1.82) is 0 Å². The lowest BCUT2D eigenvalue weighted by molar-refractivity contribution is 1.20. The summed E-state index contributed by atoms with van der Waals surface area (Å²) in [5, 5.41) is 1.05. The predicted octanol–water partition coefficient (Wildman–Crippen LogP) is 1.95. The first-order valence-corrected chi connectivity index (χ1v) is 4.36. The topological polar surface area (TPSA) is 57.4 Å². The second kappa shape index (κ2) is 2.70. The van der Waals surface area contributed by atoms with Crippen LogP contribution >= 0.6 is 0 Å². The molecule has 0 aliphatic heterocycles. The van der Waals surface area contributed by atoms with E-state index in [2.05, 4.69) is 19.9 Å². The van der Waals surface area contributed by atoms with Crippen LogP contribution in [-0.2, 0) is 0 Å². The van der Waals surface area contributed by atoms with Gasteiger partial charge in [0.2, 0.25) is 0 Å². The van der Waals surface area contributed by atoms with Gasteiger partial charge in [-0.2, -0.15) is 0 Å². The Morgan fingerprint density at radius 3 is 2.93 bits per heavy atom. The molecule has 0 aromatic carbocycles. The number of H-pyrrole nitrogens is 2. The molecule has 3 aromatic heterocycles. The molecule has 0 aliphatic carbocycles. The van der Waals surface area contributed by atoms with Crippen LogP contribution in [0.15, 0.2) is 37.1 Å². The van der Waals surface area contributed by atoms with E-state index in [-0.39, 0.29) is 0 Å². The average molecular weight is 184 g/mol. The summed E-state index contributed by atoms with van der Waals surface area (Å²) in [5.41, 5.74) is 2.91. The molecule has 0 saturated carbocycles. The lowest BCUT2D eigenvalue weighted by Gasteiger charge is -1.97. The van der Waals surface area contributed by atoms with Crippen LogP contribution in [0.5, 0.6) is 0 Å². The quantitative estimate of drug-likeness (QED) is 0.607. The molecule has 3 aromatic rings. The average Bonchev–Trinajstić information content (AvgIpc) is 2.88. The minimum atomic E-state index is 0.871. The molecule has 0 radical (unpaired) electrons. The van der Waals surface area contributed by atoms with E-state index in [1.165, 1.54) is 0 Å². The minimum Gasteiger partial charge on any atom is -0.367 e. The maximum atomic E-state index is 4.27. The number of nitrogens with one attached hydrogen (secondary N) is 2. The van der Waals surface area contributed by atoms with E-state index in [9.17, 15) is 0 Å². The van der Waals surface area contributed by atoms with Crippen molar-refractivity contribution in [2.24, 2.45) is 0 Å². The van der Waals surface area contributed by atoms with Gasteiger partial charge in [-0.1, -0.05) is 0 Å². The first kappa shape index (κ1) is 7.32. The molecule has 0 spiro atoms. The van der Waals surface area contributed by atoms with E-state index < -0.39 is 0 Å². The fourth-order valence-corrected chi connectivity index (χ4v) is 1.57. The molecule has 0 unspecified atom stereocenters. The van der Waals surface area contributed by atoms with E-state index in [1.54, 1.807) is 6.33 Å².